The van der Waals surface area contributed by atoms with Gasteiger partial charge in [0.15, 0.2) is 11.5 Å². The van der Waals surface area contributed by atoms with Crippen molar-refractivity contribution in [1.82, 2.24) is 0 Å². The Hall–Kier alpha value is -2.60. The molecule has 0 aromatic heterocycles. The number of rotatable bonds is 6. The highest BCUT2D eigenvalue weighted by atomic mass is 79.9. The van der Waals surface area contributed by atoms with Gasteiger partial charge in [-0.05, 0) is 60.9 Å². The fourth-order valence-corrected chi connectivity index (χ4v) is 3.02. The number of nitrogens with zero attached hydrogens (tertiary/aromatic N) is 2. The zero-order valence-corrected chi connectivity index (χ0v) is 18.0. The SMILES string of the molecule is COc1cc(C=C2C(=O)N(c3ccc(Br)cc3)N=C2C)ccc1OCC(C)C. The molecule has 1 aliphatic rings. The molecule has 0 atom stereocenters. The summed E-state index contributed by atoms with van der Waals surface area (Å²) in [6.07, 6.45) is 1.83. The summed E-state index contributed by atoms with van der Waals surface area (Å²) in [6.45, 7) is 6.63. The van der Waals surface area contributed by atoms with E-state index in [1.54, 1.807) is 7.11 Å². The molecule has 0 N–H and O–H groups in total. The van der Waals surface area contributed by atoms with Crippen LogP contribution in [0.4, 0.5) is 5.69 Å². The summed E-state index contributed by atoms with van der Waals surface area (Å²) in [5.74, 6) is 1.60. The van der Waals surface area contributed by atoms with E-state index in [0.717, 1.165) is 15.7 Å². The molecule has 0 radical (unpaired) electrons. The lowest BCUT2D eigenvalue weighted by Gasteiger charge is -2.13. The molecule has 2 aromatic rings. The third kappa shape index (κ3) is 4.44. The van der Waals surface area contributed by atoms with Gasteiger partial charge in [-0.15, -0.1) is 0 Å². The van der Waals surface area contributed by atoms with E-state index in [1.165, 1.54) is 5.01 Å². The summed E-state index contributed by atoms with van der Waals surface area (Å²) in [5.41, 5.74) is 2.81. The Balaban J connectivity index is 1.86. The molecule has 146 valence electrons. The Labute approximate surface area is 173 Å². The van der Waals surface area contributed by atoms with Crippen molar-refractivity contribution in [3.63, 3.8) is 0 Å². The second kappa shape index (κ2) is 8.61. The highest BCUT2D eigenvalue weighted by Crippen LogP contribution is 2.31. The van der Waals surface area contributed by atoms with Crippen molar-refractivity contribution in [2.24, 2.45) is 11.0 Å². The summed E-state index contributed by atoms with van der Waals surface area (Å²) in [4.78, 5) is 12.9. The first kappa shape index (κ1) is 20.1. The minimum atomic E-state index is -0.154. The van der Waals surface area contributed by atoms with Crippen molar-refractivity contribution in [2.75, 3.05) is 18.7 Å². The lowest BCUT2D eigenvalue weighted by Crippen LogP contribution is -2.21. The number of carbonyl (C=O) groups excluding carboxylic acids is 1. The van der Waals surface area contributed by atoms with Gasteiger partial charge in [-0.3, -0.25) is 4.79 Å². The smallest absolute Gasteiger partial charge is 0.280 e. The Morgan fingerprint density at radius 1 is 1.14 bits per heavy atom. The molecule has 0 aliphatic carbocycles. The molecule has 0 spiro atoms. The van der Waals surface area contributed by atoms with E-state index < -0.39 is 0 Å². The zero-order chi connectivity index (χ0) is 20.3. The van der Waals surface area contributed by atoms with E-state index in [2.05, 4.69) is 34.9 Å². The number of methoxy groups -OCH3 is 1. The van der Waals surface area contributed by atoms with Crippen molar-refractivity contribution >= 4 is 39.3 Å². The van der Waals surface area contributed by atoms with Gasteiger partial charge in [-0.25, -0.2) is 0 Å². The predicted octanol–water partition coefficient (Wildman–Crippen LogP) is 5.30. The van der Waals surface area contributed by atoms with Crippen LogP contribution in [0.1, 0.15) is 26.3 Å². The number of carbonyl (C=O) groups is 1. The molecule has 5 nitrogen and oxygen atoms in total. The predicted molar refractivity (Wildman–Crippen MR) is 116 cm³/mol. The van der Waals surface area contributed by atoms with Crippen LogP contribution in [0.2, 0.25) is 0 Å². The van der Waals surface area contributed by atoms with Crippen LogP contribution in [0.15, 0.2) is 57.6 Å². The minimum absolute atomic E-state index is 0.154. The number of hydrogen-bond acceptors (Lipinski definition) is 4. The maximum Gasteiger partial charge on any atom is 0.280 e. The van der Waals surface area contributed by atoms with E-state index >= 15 is 0 Å². The minimum Gasteiger partial charge on any atom is -0.493 e. The first-order valence-corrected chi connectivity index (χ1v) is 9.86. The normalized spacial score (nSPS) is 15.4. The van der Waals surface area contributed by atoms with Crippen LogP contribution in [-0.4, -0.2) is 25.3 Å². The standard InChI is InChI=1S/C22H23BrN2O3/c1-14(2)13-28-20-10-5-16(12-21(20)27-4)11-19-15(3)24-25(22(19)26)18-8-6-17(23)7-9-18/h5-12,14H,13H2,1-4H3. The Kier molecular flexibility index (Phi) is 6.19. The van der Waals surface area contributed by atoms with Gasteiger partial charge in [0.05, 0.1) is 30.7 Å². The topological polar surface area (TPSA) is 51.1 Å². The van der Waals surface area contributed by atoms with Crippen molar-refractivity contribution in [3.8, 4) is 11.5 Å². The number of benzene rings is 2. The molecule has 3 rings (SSSR count). The van der Waals surface area contributed by atoms with E-state index in [4.69, 9.17) is 9.47 Å². The molecule has 1 amide bonds. The van der Waals surface area contributed by atoms with Gasteiger partial charge in [0.2, 0.25) is 0 Å². The quantitative estimate of drug-likeness (QED) is 0.570. The summed E-state index contributed by atoms with van der Waals surface area (Å²) < 4.78 is 12.2. The van der Waals surface area contributed by atoms with Crippen LogP contribution in [-0.2, 0) is 4.79 Å². The summed E-state index contributed by atoms with van der Waals surface area (Å²) in [5, 5.41) is 5.84. The molecule has 1 heterocycles. The van der Waals surface area contributed by atoms with Crippen LogP contribution in [0, 0.1) is 5.92 Å². The molecule has 6 heteroatoms. The number of ether oxygens (including phenoxy) is 2. The van der Waals surface area contributed by atoms with Crippen LogP contribution in [0.5, 0.6) is 11.5 Å². The van der Waals surface area contributed by atoms with Gasteiger partial charge >= 0.3 is 0 Å². The van der Waals surface area contributed by atoms with Gasteiger partial charge in [-0.2, -0.15) is 10.1 Å². The fourth-order valence-electron chi connectivity index (χ4n) is 2.76. The third-order valence-electron chi connectivity index (χ3n) is 4.20. The van der Waals surface area contributed by atoms with Crippen molar-refractivity contribution in [1.29, 1.82) is 0 Å². The van der Waals surface area contributed by atoms with Gasteiger partial charge in [-0.1, -0.05) is 35.8 Å². The molecule has 2 aromatic carbocycles. The van der Waals surface area contributed by atoms with Crippen LogP contribution in [0.25, 0.3) is 6.08 Å². The third-order valence-corrected chi connectivity index (χ3v) is 4.73. The Morgan fingerprint density at radius 2 is 1.86 bits per heavy atom. The highest BCUT2D eigenvalue weighted by Gasteiger charge is 2.28. The molecular formula is C22H23BrN2O3. The van der Waals surface area contributed by atoms with E-state index in [9.17, 15) is 4.79 Å². The molecule has 0 unspecified atom stereocenters. The molecule has 1 aliphatic heterocycles. The van der Waals surface area contributed by atoms with Crippen molar-refractivity contribution < 1.29 is 14.3 Å². The molecule has 0 saturated carbocycles. The summed E-state index contributed by atoms with van der Waals surface area (Å²) in [6, 6.07) is 13.1. The summed E-state index contributed by atoms with van der Waals surface area (Å²) in [7, 11) is 1.61. The second-order valence-electron chi connectivity index (χ2n) is 6.95. The average Bonchev–Trinajstić information content (AvgIpc) is 2.95. The Morgan fingerprint density at radius 3 is 2.50 bits per heavy atom. The summed E-state index contributed by atoms with van der Waals surface area (Å²) >= 11 is 3.40. The molecule has 0 fully saturated rings. The van der Waals surface area contributed by atoms with Gasteiger partial charge in [0, 0.05) is 4.47 Å². The van der Waals surface area contributed by atoms with Crippen molar-refractivity contribution in [2.45, 2.75) is 20.8 Å². The molecule has 28 heavy (non-hydrogen) atoms. The lowest BCUT2D eigenvalue weighted by molar-refractivity contribution is -0.114. The first-order valence-electron chi connectivity index (χ1n) is 9.07. The molecule has 0 saturated heterocycles. The van der Waals surface area contributed by atoms with Crippen LogP contribution in [0.3, 0.4) is 0 Å². The number of hydrazone groups is 1. The van der Waals surface area contributed by atoms with Gasteiger partial charge < -0.3 is 9.47 Å². The average molecular weight is 443 g/mol. The van der Waals surface area contributed by atoms with E-state index in [-0.39, 0.29) is 5.91 Å². The highest BCUT2D eigenvalue weighted by molar-refractivity contribution is 9.10. The first-order chi connectivity index (χ1) is 13.4. The maximum atomic E-state index is 12.9. The molecule has 0 bridgehead atoms. The molecular weight excluding hydrogens is 420 g/mol. The lowest BCUT2D eigenvalue weighted by atomic mass is 10.1. The Bertz CT molecular complexity index is 933. The maximum absolute atomic E-state index is 12.9. The monoisotopic (exact) mass is 442 g/mol. The number of halogens is 1. The van der Waals surface area contributed by atoms with Crippen molar-refractivity contribution in [3.05, 3.63) is 58.1 Å². The van der Waals surface area contributed by atoms with E-state index in [0.29, 0.717) is 35.3 Å². The van der Waals surface area contributed by atoms with Crippen LogP contribution >= 0.6 is 15.9 Å². The number of hydrogen-bond donors (Lipinski definition) is 0. The fraction of sp³-hybridized carbons (Fsp3) is 0.273. The van der Waals surface area contributed by atoms with Gasteiger partial charge in [0.1, 0.15) is 0 Å². The number of amides is 1. The largest absolute Gasteiger partial charge is 0.493 e. The zero-order valence-electron chi connectivity index (χ0n) is 16.4. The van der Waals surface area contributed by atoms with Crippen LogP contribution < -0.4 is 14.5 Å². The van der Waals surface area contributed by atoms with Gasteiger partial charge in [0.25, 0.3) is 5.91 Å². The second-order valence-corrected chi connectivity index (χ2v) is 7.87. The van der Waals surface area contributed by atoms with E-state index in [1.807, 2.05) is 55.5 Å². The number of anilines is 1.